The number of hydrogen-bond acceptors (Lipinski definition) is 5. The summed E-state index contributed by atoms with van der Waals surface area (Å²) in [6.45, 7) is 0. The number of rotatable bonds is 4. The van der Waals surface area contributed by atoms with Crippen molar-refractivity contribution in [3.05, 3.63) is 60.4 Å². The van der Waals surface area contributed by atoms with Gasteiger partial charge in [-0.3, -0.25) is 0 Å². The molecule has 7 nitrogen and oxygen atoms in total. The first-order valence-electron chi connectivity index (χ1n) is 6.76. The summed E-state index contributed by atoms with van der Waals surface area (Å²) in [5.74, 6) is 0. The van der Waals surface area contributed by atoms with Crippen molar-refractivity contribution >= 4 is 35.2 Å². The first-order chi connectivity index (χ1) is 10.9. The van der Waals surface area contributed by atoms with Crippen LogP contribution in [0.1, 0.15) is 11.9 Å². The van der Waals surface area contributed by atoms with Crippen LogP contribution in [0.4, 0.5) is 5.69 Å². The molecule has 8 heteroatoms. The standard InChI is InChI=1S/C15H14AsN3O4/c20-15(14-9-17-12-3-1-2-4-13(12)19-14)18-11-7-5-10(6-8-11)16(21,22)23/h1-9,15,18,20H,(H2,21,22,23). The van der Waals surface area contributed by atoms with E-state index in [0.29, 0.717) is 16.9 Å². The third-order valence-electron chi connectivity index (χ3n) is 3.25. The van der Waals surface area contributed by atoms with E-state index in [4.69, 9.17) is 8.19 Å². The maximum absolute atomic E-state index is 11.2. The Morgan fingerprint density at radius 1 is 1.00 bits per heavy atom. The molecule has 0 aliphatic carbocycles. The third kappa shape index (κ3) is 3.60. The molecule has 0 aliphatic heterocycles. The number of para-hydroxylation sites is 2. The minimum absolute atomic E-state index is 0.0198. The number of fused-ring (bicyclic) bond motifs is 1. The van der Waals surface area contributed by atoms with E-state index in [1.54, 1.807) is 6.07 Å². The zero-order valence-corrected chi connectivity index (χ0v) is 13.7. The molecule has 1 atom stereocenters. The van der Waals surface area contributed by atoms with Crippen molar-refractivity contribution in [2.24, 2.45) is 0 Å². The average molecular weight is 375 g/mol. The van der Waals surface area contributed by atoms with Gasteiger partial charge in [0.1, 0.15) is 0 Å². The normalized spacial score (nSPS) is 13.0. The molecule has 118 valence electrons. The molecule has 0 saturated heterocycles. The molecule has 3 rings (SSSR count). The van der Waals surface area contributed by atoms with E-state index in [1.165, 1.54) is 30.5 Å². The number of anilines is 1. The van der Waals surface area contributed by atoms with Gasteiger partial charge < -0.3 is 0 Å². The van der Waals surface area contributed by atoms with Gasteiger partial charge in [0.25, 0.3) is 0 Å². The molecule has 2 aromatic carbocycles. The fourth-order valence-electron chi connectivity index (χ4n) is 2.09. The molecule has 0 bridgehead atoms. The van der Waals surface area contributed by atoms with Crippen molar-refractivity contribution in [2.45, 2.75) is 6.23 Å². The zero-order chi connectivity index (χ0) is 16.4. The van der Waals surface area contributed by atoms with E-state index in [0.717, 1.165) is 5.52 Å². The number of nitrogens with zero attached hydrogens (tertiary/aromatic N) is 2. The van der Waals surface area contributed by atoms with Gasteiger partial charge in [0.15, 0.2) is 0 Å². The van der Waals surface area contributed by atoms with Gasteiger partial charge in [0.2, 0.25) is 0 Å². The molecule has 0 saturated carbocycles. The predicted molar refractivity (Wildman–Crippen MR) is 85.1 cm³/mol. The van der Waals surface area contributed by atoms with E-state index in [1.807, 2.05) is 18.2 Å². The summed E-state index contributed by atoms with van der Waals surface area (Å²) in [4.78, 5) is 8.56. The Balaban J connectivity index is 1.80. The zero-order valence-electron chi connectivity index (χ0n) is 11.9. The van der Waals surface area contributed by atoms with Crippen molar-refractivity contribution in [1.29, 1.82) is 0 Å². The fourth-order valence-corrected chi connectivity index (χ4v) is 3.21. The third-order valence-corrected chi connectivity index (χ3v) is 5.29. The fraction of sp³-hybridized carbons (Fsp3) is 0.0667. The molecule has 1 unspecified atom stereocenters. The van der Waals surface area contributed by atoms with Crippen LogP contribution >= 0.6 is 0 Å². The van der Waals surface area contributed by atoms with Crippen LogP contribution in [0.15, 0.2) is 54.7 Å². The number of benzene rings is 2. The number of aliphatic hydroxyl groups excluding tert-OH is 1. The van der Waals surface area contributed by atoms with Gasteiger partial charge in [0, 0.05) is 0 Å². The molecule has 0 aliphatic rings. The van der Waals surface area contributed by atoms with Crippen molar-refractivity contribution in [2.75, 3.05) is 5.32 Å². The molecule has 4 N–H and O–H groups in total. The summed E-state index contributed by atoms with van der Waals surface area (Å²) in [6, 6.07) is 13.0. The molecule has 1 heterocycles. The first-order valence-corrected chi connectivity index (χ1v) is 10.1. The summed E-state index contributed by atoms with van der Waals surface area (Å²) in [7, 11) is 0. The number of aliphatic hydroxyl groups is 1. The van der Waals surface area contributed by atoms with Gasteiger partial charge >= 0.3 is 134 Å². The summed E-state index contributed by atoms with van der Waals surface area (Å²) >= 11 is -4.89. The van der Waals surface area contributed by atoms with Crippen molar-refractivity contribution < 1.29 is 17.0 Å². The van der Waals surface area contributed by atoms with Crippen LogP contribution in [-0.2, 0) is 3.74 Å². The van der Waals surface area contributed by atoms with Crippen LogP contribution in [0.3, 0.4) is 0 Å². The second kappa shape index (κ2) is 6.14. The van der Waals surface area contributed by atoms with Gasteiger partial charge in [-0.25, -0.2) is 0 Å². The van der Waals surface area contributed by atoms with E-state index in [2.05, 4.69) is 15.3 Å². The van der Waals surface area contributed by atoms with Crippen molar-refractivity contribution in [3.8, 4) is 0 Å². The van der Waals surface area contributed by atoms with E-state index in [-0.39, 0.29) is 4.35 Å². The second-order valence-corrected chi connectivity index (χ2v) is 8.29. The Kier molecular flexibility index (Phi) is 4.19. The monoisotopic (exact) mass is 375 g/mol. The van der Waals surface area contributed by atoms with E-state index < -0.39 is 20.4 Å². The van der Waals surface area contributed by atoms with Gasteiger partial charge in [-0.2, -0.15) is 0 Å². The molecule has 0 spiro atoms. The van der Waals surface area contributed by atoms with Gasteiger partial charge in [-0.05, 0) is 0 Å². The molecular weight excluding hydrogens is 361 g/mol. The van der Waals surface area contributed by atoms with Crippen LogP contribution in [-0.4, -0.2) is 37.4 Å². The predicted octanol–water partition coefficient (Wildman–Crippen LogP) is 0.294. The van der Waals surface area contributed by atoms with Crippen molar-refractivity contribution in [1.82, 2.24) is 9.97 Å². The minimum atomic E-state index is -4.89. The van der Waals surface area contributed by atoms with E-state index >= 15 is 0 Å². The molecule has 1 aromatic heterocycles. The topological polar surface area (TPSA) is 116 Å². The van der Waals surface area contributed by atoms with Gasteiger partial charge in [0.05, 0.1) is 0 Å². The van der Waals surface area contributed by atoms with Crippen LogP contribution in [0.25, 0.3) is 11.0 Å². The average Bonchev–Trinajstić information content (AvgIpc) is 2.54. The molecular formula is C15H14AsN3O4. The maximum atomic E-state index is 11.2. The Hall–Kier alpha value is -2.18. The van der Waals surface area contributed by atoms with Crippen LogP contribution < -0.4 is 9.67 Å². The summed E-state index contributed by atoms with van der Waals surface area (Å²) in [6.07, 6.45) is 0.394. The van der Waals surface area contributed by atoms with E-state index in [9.17, 15) is 8.85 Å². The summed E-state index contributed by atoms with van der Waals surface area (Å²) < 4.78 is 29.4. The second-order valence-electron chi connectivity index (χ2n) is 4.92. The Labute approximate surface area is 134 Å². The quantitative estimate of drug-likeness (QED) is 0.383. The molecule has 23 heavy (non-hydrogen) atoms. The Bertz CT molecular complexity index is 879. The number of nitrogens with one attached hydrogen (secondary N) is 1. The SMILES string of the molecule is O=[As](O)(O)c1ccc(NC(O)c2cnc3ccccc3n2)cc1. The molecule has 0 fully saturated rings. The number of hydrogen-bond donors (Lipinski definition) is 4. The molecule has 3 aromatic rings. The van der Waals surface area contributed by atoms with Gasteiger partial charge in [-0.1, -0.05) is 0 Å². The number of aromatic nitrogens is 2. The van der Waals surface area contributed by atoms with Crippen molar-refractivity contribution in [3.63, 3.8) is 0 Å². The summed E-state index contributed by atoms with van der Waals surface area (Å²) in [5.41, 5.74) is 2.27. The van der Waals surface area contributed by atoms with Crippen LogP contribution in [0.2, 0.25) is 0 Å². The van der Waals surface area contributed by atoms with Crippen LogP contribution in [0.5, 0.6) is 0 Å². The Morgan fingerprint density at radius 2 is 1.65 bits per heavy atom. The molecule has 0 radical (unpaired) electrons. The van der Waals surface area contributed by atoms with Gasteiger partial charge in [-0.15, -0.1) is 0 Å². The first kappa shape index (κ1) is 15.7. The summed E-state index contributed by atoms with van der Waals surface area (Å²) in [5, 5.41) is 13.0. The van der Waals surface area contributed by atoms with Crippen LogP contribution in [0, 0.1) is 0 Å². The Morgan fingerprint density at radius 3 is 2.30 bits per heavy atom. The molecule has 0 amide bonds.